The molecule has 0 aromatic rings. The number of nitrogens with one attached hydrogen (secondary N) is 1. The molecule has 0 heterocycles. The molecule has 0 aromatic carbocycles. The average molecular weight is 245 g/mol. The SMILES string of the molecule is CCSC[C@H](NC(C)(C)C)C(=O)C(C)(C)C. The highest BCUT2D eigenvalue weighted by Crippen LogP contribution is 2.20. The number of hydrogen-bond acceptors (Lipinski definition) is 3. The minimum atomic E-state index is -0.267. The molecule has 96 valence electrons. The minimum absolute atomic E-state index is 0.0140. The maximum Gasteiger partial charge on any atom is 0.155 e. The van der Waals surface area contributed by atoms with Gasteiger partial charge in [0.2, 0.25) is 0 Å². The quantitative estimate of drug-likeness (QED) is 0.807. The van der Waals surface area contributed by atoms with Crippen LogP contribution in [0.25, 0.3) is 0 Å². The monoisotopic (exact) mass is 245 g/mol. The van der Waals surface area contributed by atoms with Crippen molar-refractivity contribution in [3.63, 3.8) is 0 Å². The third kappa shape index (κ3) is 6.54. The fourth-order valence-corrected chi connectivity index (χ4v) is 2.17. The molecule has 0 saturated heterocycles. The van der Waals surface area contributed by atoms with Crippen LogP contribution >= 0.6 is 11.8 Å². The molecule has 0 aliphatic rings. The number of thioether (sulfide) groups is 1. The van der Waals surface area contributed by atoms with E-state index in [1.807, 2.05) is 32.5 Å². The maximum absolute atomic E-state index is 12.3. The van der Waals surface area contributed by atoms with Gasteiger partial charge in [0.1, 0.15) is 0 Å². The summed E-state index contributed by atoms with van der Waals surface area (Å²) in [6.07, 6.45) is 0. The summed E-state index contributed by atoms with van der Waals surface area (Å²) in [5.74, 6) is 2.23. The molecule has 1 atom stereocenters. The van der Waals surface area contributed by atoms with Gasteiger partial charge >= 0.3 is 0 Å². The van der Waals surface area contributed by atoms with E-state index in [2.05, 4.69) is 33.0 Å². The van der Waals surface area contributed by atoms with Gasteiger partial charge in [0.25, 0.3) is 0 Å². The Labute approximate surface area is 105 Å². The summed E-state index contributed by atoms with van der Waals surface area (Å²) in [4.78, 5) is 12.3. The third-order valence-corrected chi connectivity index (χ3v) is 3.13. The molecule has 0 fully saturated rings. The molecule has 1 N–H and O–H groups in total. The maximum atomic E-state index is 12.3. The molecule has 2 nitrogen and oxygen atoms in total. The summed E-state index contributed by atoms with van der Waals surface area (Å²) in [7, 11) is 0. The molecule has 0 amide bonds. The summed E-state index contributed by atoms with van der Waals surface area (Å²) >= 11 is 1.82. The zero-order valence-corrected chi connectivity index (χ0v) is 12.6. The molecule has 0 aliphatic heterocycles. The first kappa shape index (κ1) is 16.0. The smallest absolute Gasteiger partial charge is 0.155 e. The standard InChI is InChI=1S/C13H27NOS/c1-8-16-9-10(14-13(5,6)7)11(15)12(2,3)4/h10,14H,8-9H2,1-7H3/t10-/m0/s1. The zero-order valence-electron chi connectivity index (χ0n) is 11.8. The Bertz CT molecular complexity index is 225. The Kier molecular flexibility index (Phi) is 6.05. The van der Waals surface area contributed by atoms with Crippen LogP contribution in [0.15, 0.2) is 0 Å². The normalized spacial score (nSPS) is 14.9. The van der Waals surface area contributed by atoms with E-state index in [-0.39, 0.29) is 17.0 Å². The Morgan fingerprint density at radius 3 is 2.00 bits per heavy atom. The van der Waals surface area contributed by atoms with Gasteiger partial charge in [-0.3, -0.25) is 4.79 Å². The number of hydrogen-bond donors (Lipinski definition) is 1. The predicted octanol–water partition coefficient (Wildman–Crippen LogP) is 3.11. The Balaban J connectivity index is 4.61. The topological polar surface area (TPSA) is 29.1 Å². The second-order valence-corrected chi connectivity index (χ2v) is 7.54. The van der Waals surface area contributed by atoms with Gasteiger partial charge in [0, 0.05) is 16.7 Å². The van der Waals surface area contributed by atoms with E-state index in [4.69, 9.17) is 0 Å². The molecule has 0 rings (SSSR count). The molecule has 0 aromatic heterocycles. The third-order valence-electron chi connectivity index (χ3n) is 2.15. The highest BCUT2D eigenvalue weighted by Gasteiger charge is 2.31. The van der Waals surface area contributed by atoms with Gasteiger partial charge in [0.15, 0.2) is 5.78 Å². The van der Waals surface area contributed by atoms with Crippen LogP contribution in [0.2, 0.25) is 0 Å². The van der Waals surface area contributed by atoms with Crippen molar-refractivity contribution in [1.29, 1.82) is 0 Å². The van der Waals surface area contributed by atoms with Crippen LogP contribution in [0.5, 0.6) is 0 Å². The Morgan fingerprint density at radius 2 is 1.69 bits per heavy atom. The van der Waals surface area contributed by atoms with Crippen LogP contribution in [-0.4, -0.2) is 28.9 Å². The van der Waals surface area contributed by atoms with Crippen LogP contribution < -0.4 is 5.32 Å². The number of Topliss-reactive ketones (excluding diaryl/α,β-unsaturated/α-hetero) is 1. The second kappa shape index (κ2) is 6.06. The highest BCUT2D eigenvalue weighted by atomic mass is 32.2. The number of rotatable bonds is 5. The van der Waals surface area contributed by atoms with Crippen molar-refractivity contribution in [1.82, 2.24) is 5.32 Å². The minimum Gasteiger partial charge on any atom is -0.302 e. The van der Waals surface area contributed by atoms with Crippen molar-refractivity contribution in [3.05, 3.63) is 0 Å². The van der Waals surface area contributed by atoms with E-state index in [1.54, 1.807) is 0 Å². The molecule has 3 heteroatoms. The number of carbonyl (C=O) groups is 1. The van der Waals surface area contributed by atoms with Crippen molar-refractivity contribution in [2.45, 2.75) is 60.0 Å². The van der Waals surface area contributed by atoms with Crippen molar-refractivity contribution in [3.8, 4) is 0 Å². The van der Waals surface area contributed by atoms with Crippen molar-refractivity contribution in [2.75, 3.05) is 11.5 Å². The first-order chi connectivity index (χ1) is 7.08. The van der Waals surface area contributed by atoms with E-state index in [0.29, 0.717) is 5.78 Å². The predicted molar refractivity (Wildman–Crippen MR) is 74.1 cm³/mol. The van der Waals surface area contributed by atoms with Gasteiger partial charge in [-0.2, -0.15) is 11.8 Å². The molecule has 0 unspecified atom stereocenters. The van der Waals surface area contributed by atoms with Gasteiger partial charge in [-0.1, -0.05) is 27.7 Å². The zero-order chi connectivity index (χ0) is 13.0. The van der Waals surface area contributed by atoms with E-state index in [9.17, 15) is 4.79 Å². The summed E-state index contributed by atoms with van der Waals surface area (Å²) < 4.78 is 0. The van der Waals surface area contributed by atoms with Crippen molar-refractivity contribution in [2.24, 2.45) is 5.41 Å². The van der Waals surface area contributed by atoms with E-state index >= 15 is 0 Å². The van der Waals surface area contributed by atoms with Crippen LogP contribution in [-0.2, 0) is 4.79 Å². The van der Waals surface area contributed by atoms with Crippen molar-refractivity contribution >= 4 is 17.5 Å². The van der Waals surface area contributed by atoms with E-state index < -0.39 is 0 Å². The van der Waals surface area contributed by atoms with Crippen LogP contribution in [0.4, 0.5) is 0 Å². The largest absolute Gasteiger partial charge is 0.302 e. The number of ketones is 1. The summed E-state index contributed by atoms with van der Waals surface area (Å²) in [6, 6.07) is -0.0371. The van der Waals surface area contributed by atoms with Crippen LogP contribution in [0.3, 0.4) is 0 Å². The summed E-state index contributed by atoms with van der Waals surface area (Å²) in [6.45, 7) is 14.4. The van der Waals surface area contributed by atoms with Gasteiger partial charge < -0.3 is 5.32 Å². The molecule has 0 saturated carbocycles. The molecular weight excluding hydrogens is 218 g/mol. The first-order valence-corrected chi connectivity index (χ1v) is 7.13. The van der Waals surface area contributed by atoms with Crippen LogP contribution in [0, 0.1) is 5.41 Å². The fraction of sp³-hybridized carbons (Fsp3) is 0.923. The molecule has 0 radical (unpaired) electrons. The van der Waals surface area contributed by atoms with Gasteiger partial charge in [-0.15, -0.1) is 0 Å². The molecular formula is C13H27NOS. The average Bonchev–Trinajstić information content (AvgIpc) is 2.07. The molecule has 0 bridgehead atoms. The molecule has 16 heavy (non-hydrogen) atoms. The highest BCUT2D eigenvalue weighted by molar-refractivity contribution is 7.99. The lowest BCUT2D eigenvalue weighted by molar-refractivity contribution is -0.128. The van der Waals surface area contributed by atoms with E-state index in [1.165, 1.54) is 0 Å². The fourth-order valence-electron chi connectivity index (χ4n) is 1.46. The molecule has 0 aliphatic carbocycles. The lowest BCUT2D eigenvalue weighted by Crippen LogP contribution is -2.52. The van der Waals surface area contributed by atoms with Gasteiger partial charge in [-0.25, -0.2) is 0 Å². The number of carbonyl (C=O) groups excluding carboxylic acids is 1. The lowest BCUT2D eigenvalue weighted by atomic mass is 9.86. The summed E-state index contributed by atoms with van der Waals surface area (Å²) in [5, 5.41) is 3.43. The second-order valence-electron chi connectivity index (χ2n) is 6.22. The Morgan fingerprint density at radius 1 is 1.19 bits per heavy atom. The lowest BCUT2D eigenvalue weighted by Gasteiger charge is -2.31. The van der Waals surface area contributed by atoms with Crippen molar-refractivity contribution < 1.29 is 4.79 Å². The Hall–Kier alpha value is -0.0200. The molecule has 0 spiro atoms. The van der Waals surface area contributed by atoms with Crippen LogP contribution in [0.1, 0.15) is 48.5 Å². The van der Waals surface area contributed by atoms with Gasteiger partial charge in [-0.05, 0) is 26.5 Å². The summed E-state index contributed by atoms with van der Waals surface area (Å²) in [5.41, 5.74) is -0.281. The van der Waals surface area contributed by atoms with Gasteiger partial charge in [0.05, 0.1) is 6.04 Å². The first-order valence-electron chi connectivity index (χ1n) is 5.97. The van der Waals surface area contributed by atoms with E-state index in [0.717, 1.165) is 11.5 Å².